The van der Waals surface area contributed by atoms with E-state index < -0.39 is 21.1 Å². The molecule has 0 saturated carbocycles. The lowest BCUT2D eigenvalue weighted by Crippen LogP contribution is -2.39. The monoisotopic (exact) mass is 246 g/mol. The van der Waals surface area contributed by atoms with Crippen molar-refractivity contribution < 1.29 is 14.3 Å². The normalized spacial score (nSPS) is 12.5. The van der Waals surface area contributed by atoms with E-state index >= 15 is 0 Å². The number of hydrogen-bond donors (Lipinski definition) is 0. The van der Waals surface area contributed by atoms with Crippen LogP contribution in [-0.2, 0) is 14.3 Å². The Morgan fingerprint density at radius 1 is 1.15 bits per heavy atom. The molecule has 0 amide bonds. The van der Waals surface area contributed by atoms with Gasteiger partial charge >= 0.3 is 5.97 Å². The molecule has 0 aliphatic carbocycles. The molecule has 0 aromatic heterocycles. The molecule has 0 aliphatic rings. The van der Waals surface area contributed by atoms with E-state index in [4.69, 9.17) is 39.5 Å². The summed E-state index contributed by atoms with van der Waals surface area (Å²) >= 11 is 15.7. The highest BCUT2D eigenvalue weighted by molar-refractivity contribution is 6.83. The third-order valence-corrected chi connectivity index (χ3v) is 2.03. The summed E-state index contributed by atoms with van der Waals surface area (Å²) in [5, 5.41) is -1.18. The Balaban J connectivity index is 4.53. The maximum atomic E-state index is 11.1. The van der Waals surface area contributed by atoms with Crippen LogP contribution < -0.4 is 0 Å². The van der Waals surface area contributed by atoms with E-state index in [1.807, 2.05) is 0 Å². The Morgan fingerprint density at radius 3 is 1.77 bits per heavy atom. The Hall–Kier alpha value is 0.01000. The van der Waals surface area contributed by atoms with Gasteiger partial charge in [-0.15, -0.1) is 0 Å². The van der Waals surface area contributed by atoms with Crippen LogP contribution in [-0.4, -0.2) is 21.1 Å². The molecule has 0 N–H and O–H groups in total. The van der Waals surface area contributed by atoms with E-state index in [0.717, 1.165) is 0 Å². The van der Waals surface area contributed by atoms with Crippen molar-refractivity contribution in [1.82, 2.24) is 0 Å². The van der Waals surface area contributed by atoms with Gasteiger partial charge in [-0.3, -0.25) is 4.79 Å². The number of esters is 1. The smallest absolute Gasteiger partial charge is 0.352 e. The van der Waals surface area contributed by atoms with E-state index in [9.17, 15) is 9.59 Å². The van der Waals surface area contributed by atoms with Crippen LogP contribution in [0, 0.1) is 0 Å². The molecule has 0 rings (SSSR count). The van der Waals surface area contributed by atoms with Crippen molar-refractivity contribution in [2.75, 3.05) is 0 Å². The maximum absolute atomic E-state index is 11.1. The first-order valence-corrected chi connectivity index (χ1v) is 4.52. The third kappa shape index (κ3) is 4.16. The number of halogens is 3. The highest BCUT2D eigenvalue weighted by Gasteiger charge is 2.44. The van der Waals surface area contributed by atoms with Gasteiger partial charge in [0.2, 0.25) is 0 Å². The zero-order chi connectivity index (χ0) is 10.9. The second kappa shape index (κ2) is 4.03. The minimum atomic E-state index is -2.32. The predicted octanol–water partition coefficient (Wildman–Crippen LogP) is 2.27. The Morgan fingerprint density at radius 2 is 1.54 bits per heavy atom. The van der Waals surface area contributed by atoms with Crippen molar-refractivity contribution >= 4 is 46.0 Å². The number of hydrogen-bond acceptors (Lipinski definition) is 3. The highest BCUT2D eigenvalue weighted by Crippen LogP contribution is 2.27. The molecule has 0 fully saturated rings. The quantitative estimate of drug-likeness (QED) is 0.325. The summed E-state index contributed by atoms with van der Waals surface area (Å²) in [6, 6.07) is 0. The van der Waals surface area contributed by atoms with Crippen LogP contribution in [0.3, 0.4) is 0 Å². The van der Waals surface area contributed by atoms with Crippen molar-refractivity contribution in [2.45, 2.75) is 30.7 Å². The molecular formula is C7H9Cl3O3. The van der Waals surface area contributed by atoms with Crippen LogP contribution >= 0.6 is 34.8 Å². The Kier molecular flexibility index (Phi) is 4.03. The molecule has 13 heavy (non-hydrogen) atoms. The summed E-state index contributed by atoms with van der Waals surface area (Å²) in [7, 11) is 0. The van der Waals surface area contributed by atoms with Gasteiger partial charge in [-0.1, -0.05) is 23.2 Å². The molecule has 0 atom stereocenters. The van der Waals surface area contributed by atoms with Crippen molar-refractivity contribution in [3.8, 4) is 0 Å². The summed E-state index contributed by atoms with van der Waals surface area (Å²) in [4.78, 5) is 21.7. The molecule has 0 aromatic rings. The second-order valence-corrected chi connectivity index (χ2v) is 5.02. The molecule has 0 aromatic carbocycles. The molecule has 6 heteroatoms. The zero-order valence-corrected chi connectivity index (χ0v) is 9.63. The molecular weight excluding hydrogens is 238 g/mol. The van der Waals surface area contributed by atoms with Gasteiger partial charge in [0, 0.05) is 0 Å². The van der Waals surface area contributed by atoms with Crippen molar-refractivity contribution in [2.24, 2.45) is 0 Å². The van der Waals surface area contributed by atoms with Crippen LogP contribution in [0.1, 0.15) is 20.8 Å². The Bertz CT molecular complexity index is 230. The highest BCUT2D eigenvalue weighted by atomic mass is 35.5. The average molecular weight is 248 g/mol. The van der Waals surface area contributed by atoms with E-state index in [2.05, 4.69) is 0 Å². The van der Waals surface area contributed by atoms with Gasteiger partial charge in [-0.05, 0) is 32.4 Å². The molecule has 3 nitrogen and oxygen atoms in total. The van der Waals surface area contributed by atoms with Gasteiger partial charge in [0.15, 0.2) is 0 Å². The lowest BCUT2D eigenvalue weighted by molar-refractivity contribution is -0.156. The number of carbonyl (C=O) groups is 2. The number of ether oxygens (including phenoxy) is 1. The largest absolute Gasteiger partial charge is 0.457 e. The molecule has 76 valence electrons. The molecule has 0 saturated heterocycles. The molecule has 0 bridgehead atoms. The fraction of sp³-hybridized carbons (Fsp3) is 0.714. The standard InChI is InChI=1S/C7H9Cl3O3/c1-6(2,3)13-5(12)7(9,10)4(8)11/h1-3H3. The van der Waals surface area contributed by atoms with Gasteiger partial charge in [-0.25, -0.2) is 4.79 Å². The first-order valence-electron chi connectivity index (χ1n) is 3.38. The Labute approximate surface area is 91.3 Å². The van der Waals surface area contributed by atoms with E-state index in [1.54, 1.807) is 20.8 Å². The summed E-state index contributed by atoms with van der Waals surface area (Å²) < 4.78 is 2.43. The number of carbonyl (C=O) groups excluding carboxylic acids is 2. The first-order chi connectivity index (χ1) is 5.57. The molecule has 0 unspecified atom stereocenters. The van der Waals surface area contributed by atoms with Gasteiger partial charge in [0.1, 0.15) is 5.60 Å². The lowest BCUT2D eigenvalue weighted by Gasteiger charge is -2.23. The number of alkyl halides is 2. The van der Waals surface area contributed by atoms with Crippen LogP contribution in [0.25, 0.3) is 0 Å². The van der Waals surface area contributed by atoms with Gasteiger partial charge < -0.3 is 4.74 Å². The van der Waals surface area contributed by atoms with Gasteiger partial charge in [-0.2, -0.15) is 0 Å². The minimum Gasteiger partial charge on any atom is -0.457 e. The van der Waals surface area contributed by atoms with Crippen LogP contribution in [0.15, 0.2) is 0 Å². The molecule has 0 aliphatic heterocycles. The maximum Gasteiger partial charge on any atom is 0.352 e. The third-order valence-electron chi connectivity index (χ3n) is 0.902. The van der Waals surface area contributed by atoms with Crippen molar-refractivity contribution in [1.29, 1.82) is 0 Å². The predicted molar refractivity (Wildman–Crippen MR) is 51.1 cm³/mol. The van der Waals surface area contributed by atoms with Crippen LogP contribution in [0.5, 0.6) is 0 Å². The minimum absolute atomic E-state index is 0.765. The van der Waals surface area contributed by atoms with E-state index in [-0.39, 0.29) is 0 Å². The molecule has 0 heterocycles. The van der Waals surface area contributed by atoms with E-state index in [0.29, 0.717) is 0 Å². The SMILES string of the molecule is CC(C)(C)OC(=O)C(Cl)(Cl)C(=O)Cl. The molecule has 0 radical (unpaired) electrons. The van der Waals surface area contributed by atoms with E-state index in [1.165, 1.54) is 0 Å². The first kappa shape index (κ1) is 13.0. The topological polar surface area (TPSA) is 43.4 Å². The lowest BCUT2D eigenvalue weighted by atomic mass is 10.2. The summed E-state index contributed by atoms with van der Waals surface area (Å²) in [6.45, 7) is 4.86. The average Bonchev–Trinajstić information content (AvgIpc) is 1.82. The van der Waals surface area contributed by atoms with Gasteiger partial charge in [0.25, 0.3) is 9.58 Å². The zero-order valence-electron chi connectivity index (χ0n) is 7.36. The fourth-order valence-electron chi connectivity index (χ4n) is 0.422. The molecule has 0 spiro atoms. The summed E-state index contributed by atoms with van der Waals surface area (Å²) in [5.74, 6) is -1.07. The number of rotatable bonds is 2. The van der Waals surface area contributed by atoms with Crippen LogP contribution in [0.4, 0.5) is 0 Å². The fourth-order valence-corrected chi connectivity index (χ4v) is 0.577. The summed E-state index contributed by atoms with van der Waals surface area (Å²) in [6.07, 6.45) is 0. The van der Waals surface area contributed by atoms with Crippen molar-refractivity contribution in [3.05, 3.63) is 0 Å². The van der Waals surface area contributed by atoms with Crippen molar-refractivity contribution in [3.63, 3.8) is 0 Å². The van der Waals surface area contributed by atoms with Crippen LogP contribution in [0.2, 0.25) is 0 Å². The van der Waals surface area contributed by atoms with Gasteiger partial charge in [0.05, 0.1) is 0 Å². The second-order valence-electron chi connectivity index (χ2n) is 3.35. The summed E-state index contributed by atoms with van der Waals surface area (Å²) in [5.41, 5.74) is -0.765.